The number of rotatable bonds is 8. The molecule has 3 heteroatoms. The number of anilines is 3. The molecule has 0 aliphatic carbocycles. The molecule has 0 saturated carbocycles. The van der Waals surface area contributed by atoms with E-state index in [2.05, 4.69) is 240 Å². The minimum atomic E-state index is 0.894. The zero-order chi connectivity index (χ0) is 41.7. The number of nitrogens with zero attached hydrogens (tertiary/aromatic N) is 2. The summed E-state index contributed by atoms with van der Waals surface area (Å²) in [6.45, 7) is 0. The highest BCUT2D eigenvalue weighted by atomic mass is 16.3. The van der Waals surface area contributed by atoms with E-state index in [9.17, 15) is 0 Å². The summed E-state index contributed by atoms with van der Waals surface area (Å²) < 4.78 is 8.71. The Morgan fingerprint density at radius 2 is 0.825 bits per heavy atom. The monoisotopic (exact) mass is 804 g/mol. The number of benzene rings is 10. The molecule has 2 heterocycles. The van der Waals surface area contributed by atoms with Crippen molar-refractivity contribution < 1.29 is 4.42 Å². The van der Waals surface area contributed by atoms with E-state index in [1.54, 1.807) is 0 Å². The molecular weight excluding hydrogens is 765 g/mol. The molecule has 0 N–H and O–H groups in total. The van der Waals surface area contributed by atoms with E-state index < -0.39 is 0 Å². The fourth-order valence-corrected chi connectivity index (χ4v) is 9.45. The van der Waals surface area contributed by atoms with E-state index in [-0.39, 0.29) is 0 Å². The average molecular weight is 805 g/mol. The molecule has 0 fully saturated rings. The largest absolute Gasteiger partial charge is 0.456 e. The van der Waals surface area contributed by atoms with Crippen LogP contribution in [0.1, 0.15) is 0 Å². The van der Waals surface area contributed by atoms with Gasteiger partial charge in [0.2, 0.25) is 0 Å². The van der Waals surface area contributed by atoms with Crippen LogP contribution in [0.3, 0.4) is 0 Å². The lowest BCUT2D eigenvalue weighted by Crippen LogP contribution is -2.11. The predicted molar refractivity (Wildman–Crippen MR) is 264 cm³/mol. The highest BCUT2D eigenvalue weighted by molar-refractivity contribution is 6.09. The Bertz CT molecular complexity index is 3560. The summed E-state index contributed by atoms with van der Waals surface area (Å²) >= 11 is 0. The first-order valence-electron chi connectivity index (χ1n) is 21.5. The number of hydrogen-bond donors (Lipinski definition) is 0. The molecule has 0 aliphatic rings. The maximum atomic E-state index is 6.32. The minimum Gasteiger partial charge on any atom is -0.456 e. The zero-order valence-corrected chi connectivity index (χ0v) is 34.4. The summed E-state index contributed by atoms with van der Waals surface area (Å²) in [4.78, 5) is 2.41. The topological polar surface area (TPSA) is 21.3 Å². The quantitative estimate of drug-likeness (QED) is 0.153. The Hall–Kier alpha value is -8.40. The molecule has 0 amide bonds. The number of furan rings is 1. The second-order valence-electron chi connectivity index (χ2n) is 16.1. The molecule has 0 bridgehead atoms. The van der Waals surface area contributed by atoms with Crippen LogP contribution in [-0.4, -0.2) is 4.57 Å². The summed E-state index contributed by atoms with van der Waals surface area (Å²) in [6, 6.07) is 87.2. The first kappa shape index (κ1) is 36.5. The molecule has 12 aromatic rings. The third kappa shape index (κ3) is 6.38. The van der Waals surface area contributed by atoms with E-state index in [1.807, 2.05) is 12.1 Å². The highest BCUT2D eigenvalue weighted by Crippen LogP contribution is 2.44. The van der Waals surface area contributed by atoms with E-state index >= 15 is 0 Å². The van der Waals surface area contributed by atoms with Crippen LogP contribution in [0.25, 0.3) is 93.9 Å². The van der Waals surface area contributed by atoms with Crippen molar-refractivity contribution in [1.29, 1.82) is 0 Å². The maximum absolute atomic E-state index is 6.32. The van der Waals surface area contributed by atoms with Crippen LogP contribution >= 0.6 is 0 Å². The third-order valence-corrected chi connectivity index (χ3v) is 12.4. The van der Waals surface area contributed by atoms with Crippen molar-refractivity contribution in [1.82, 2.24) is 4.57 Å². The summed E-state index contributed by atoms with van der Waals surface area (Å²) in [5, 5.41) is 4.76. The van der Waals surface area contributed by atoms with Crippen LogP contribution in [0, 0.1) is 0 Å². The van der Waals surface area contributed by atoms with Gasteiger partial charge in [0, 0.05) is 44.2 Å². The highest BCUT2D eigenvalue weighted by Gasteiger charge is 2.20. The third-order valence-electron chi connectivity index (χ3n) is 12.4. The number of aromatic nitrogens is 1. The van der Waals surface area contributed by atoms with E-state index in [0.29, 0.717) is 0 Å². The van der Waals surface area contributed by atoms with Crippen molar-refractivity contribution in [2.45, 2.75) is 0 Å². The van der Waals surface area contributed by atoms with Gasteiger partial charge in [-0.05, 0) is 106 Å². The molecule has 0 spiro atoms. The summed E-state index contributed by atoms with van der Waals surface area (Å²) in [5.74, 6) is 0. The predicted octanol–water partition coefficient (Wildman–Crippen LogP) is 16.8. The fraction of sp³-hybridized carbons (Fsp3) is 0. The molecule has 3 nitrogen and oxygen atoms in total. The fourth-order valence-electron chi connectivity index (χ4n) is 9.45. The first-order valence-corrected chi connectivity index (χ1v) is 21.5. The second-order valence-corrected chi connectivity index (χ2v) is 16.1. The molecular formula is C60H40N2O. The molecule has 0 atom stereocenters. The van der Waals surface area contributed by atoms with Gasteiger partial charge in [0.15, 0.2) is 0 Å². The summed E-state index contributed by atoms with van der Waals surface area (Å²) in [6.07, 6.45) is 0. The normalized spacial score (nSPS) is 11.5. The number of hydrogen-bond acceptors (Lipinski definition) is 2. The van der Waals surface area contributed by atoms with Gasteiger partial charge in [-0.1, -0.05) is 176 Å². The van der Waals surface area contributed by atoms with Crippen LogP contribution in [0.15, 0.2) is 247 Å². The second kappa shape index (κ2) is 15.3. The molecule has 296 valence electrons. The van der Waals surface area contributed by atoms with Gasteiger partial charge in [0.05, 0.1) is 16.7 Å². The van der Waals surface area contributed by atoms with Gasteiger partial charge >= 0.3 is 0 Å². The van der Waals surface area contributed by atoms with Crippen molar-refractivity contribution in [2.24, 2.45) is 0 Å². The Morgan fingerprint density at radius 3 is 1.57 bits per heavy atom. The van der Waals surface area contributed by atoms with Crippen molar-refractivity contribution in [3.63, 3.8) is 0 Å². The molecule has 10 aromatic carbocycles. The van der Waals surface area contributed by atoms with Crippen LogP contribution in [0.5, 0.6) is 0 Å². The van der Waals surface area contributed by atoms with E-state index in [1.165, 1.54) is 38.5 Å². The molecule has 63 heavy (non-hydrogen) atoms. The van der Waals surface area contributed by atoms with Crippen LogP contribution in [-0.2, 0) is 0 Å². The maximum Gasteiger partial charge on any atom is 0.136 e. The molecule has 0 unspecified atom stereocenters. The standard InChI is InChI=1S/C60H40N2O/c1-2-15-41(16-3-1)42-29-31-44(32-30-42)51-21-6-10-25-56(51)61(47-17-14-18-48(40-47)62-57-26-11-7-22-52(57)53-23-8-12-27-58(53)62)46-36-33-43(34-37-46)49-19-4-5-20-50(49)45-35-38-55-54-24-9-13-28-59(54)63-60(55)39-45/h1-40H. The minimum absolute atomic E-state index is 0.894. The van der Waals surface area contributed by atoms with Gasteiger partial charge < -0.3 is 13.9 Å². The number of para-hydroxylation sites is 4. The lowest BCUT2D eigenvalue weighted by Gasteiger charge is -2.28. The van der Waals surface area contributed by atoms with Gasteiger partial charge in [0.25, 0.3) is 0 Å². The molecule has 12 rings (SSSR count). The van der Waals surface area contributed by atoms with Crippen molar-refractivity contribution >= 4 is 60.8 Å². The first-order chi connectivity index (χ1) is 31.2. The zero-order valence-electron chi connectivity index (χ0n) is 34.4. The Kier molecular flexibility index (Phi) is 8.83. The van der Waals surface area contributed by atoms with Crippen molar-refractivity contribution in [3.8, 4) is 50.2 Å². The average Bonchev–Trinajstić information content (AvgIpc) is 3.90. The molecule has 0 aliphatic heterocycles. The summed E-state index contributed by atoms with van der Waals surface area (Å²) in [5.41, 5.74) is 17.8. The van der Waals surface area contributed by atoms with Crippen LogP contribution < -0.4 is 4.90 Å². The van der Waals surface area contributed by atoms with E-state index in [4.69, 9.17) is 4.42 Å². The SMILES string of the molecule is c1ccc(-c2ccc(-c3ccccc3N(c3ccc(-c4ccccc4-c4ccc5c(c4)oc4ccccc45)cc3)c3cccc(-n4c5ccccc5c5ccccc54)c3)cc2)cc1. The molecule has 2 aromatic heterocycles. The molecule has 0 radical (unpaired) electrons. The van der Waals surface area contributed by atoms with Crippen LogP contribution in [0.2, 0.25) is 0 Å². The van der Waals surface area contributed by atoms with Gasteiger partial charge in [-0.25, -0.2) is 0 Å². The van der Waals surface area contributed by atoms with Gasteiger partial charge in [-0.15, -0.1) is 0 Å². The van der Waals surface area contributed by atoms with Gasteiger partial charge in [0.1, 0.15) is 11.2 Å². The summed E-state index contributed by atoms with van der Waals surface area (Å²) in [7, 11) is 0. The Morgan fingerprint density at radius 1 is 0.302 bits per heavy atom. The lowest BCUT2D eigenvalue weighted by atomic mass is 9.93. The number of fused-ring (bicyclic) bond motifs is 6. The van der Waals surface area contributed by atoms with Crippen molar-refractivity contribution in [3.05, 3.63) is 243 Å². The molecule has 0 saturated heterocycles. The Balaban J connectivity index is 0.991. The van der Waals surface area contributed by atoms with Crippen molar-refractivity contribution in [2.75, 3.05) is 4.90 Å². The smallest absolute Gasteiger partial charge is 0.136 e. The Labute approximate surface area is 366 Å². The lowest BCUT2D eigenvalue weighted by molar-refractivity contribution is 0.669. The van der Waals surface area contributed by atoms with Crippen LogP contribution in [0.4, 0.5) is 17.1 Å². The van der Waals surface area contributed by atoms with Gasteiger partial charge in [-0.2, -0.15) is 0 Å². The van der Waals surface area contributed by atoms with Gasteiger partial charge in [-0.3, -0.25) is 0 Å². The van der Waals surface area contributed by atoms with E-state index in [0.717, 1.165) is 72.5 Å².